The number of carbonyl (C=O) groups is 1. The molecule has 1 N–H and O–H groups in total. The summed E-state index contributed by atoms with van der Waals surface area (Å²) < 4.78 is 1.17. The number of thiophene rings is 1. The maximum absolute atomic E-state index is 10.9. The van der Waals surface area contributed by atoms with E-state index in [1.54, 1.807) is 18.3 Å². The molecule has 0 bridgehead atoms. The van der Waals surface area contributed by atoms with Crippen molar-refractivity contribution in [3.63, 3.8) is 0 Å². The van der Waals surface area contributed by atoms with Crippen molar-refractivity contribution in [2.45, 2.75) is 19.5 Å². The molecule has 0 amide bonds. The van der Waals surface area contributed by atoms with E-state index in [4.69, 9.17) is 5.11 Å². The molecule has 1 saturated heterocycles. The van der Waals surface area contributed by atoms with Crippen LogP contribution in [-0.4, -0.2) is 53.1 Å². The average Bonchev–Trinajstić information content (AvgIpc) is 2.75. The summed E-state index contributed by atoms with van der Waals surface area (Å²) in [6.45, 7) is 6.23. The van der Waals surface area contributed by atoms with E-state index in [1.165, 1.54) is 9.35 Å². The van der Waals surface area contributed by atoms with Gasteiger partial charge < -0.3 is 5.11 Å². The first-order valence-corrected chi connectivity index (χ1v) is 7.66. The highest BCUT2D eigenvalue weighted by atomic mass is 79.9. The Bertz CT molecular complexity index is 416. The first-order chi connectivity index (χ1) is 8.58. The van der Waals surface area contributed by atoms with Gasteiger partial charge in [0, 0.05) is 42.1 Å². The number of nitrogens with zero attached hydrogens (tertiary/aromatic N) is 2. The van der Waals surface area contributed by atoms with Gasteiger partial charge >= 0.3 is 5.97 Å². The van der Waals surface area contributed by atoms with Crippen LogP contribution in [0, 0.1) is 0 Å². The Morgan fingerprint density at radius 3 is 2.67 bits per heavy atom. The van der Waals surface area contributed by atoms with Crippen molar-refractivity contribution in [1.82, 2.24) is 9.80 Å². The number of rotatable bonds is 4. The normalized spacial score (nSPS) is 19.9. The molecular formula is C12H17BrN2O2S. The Morgan fingerprint density at radius 1 is 1.50 bits per heavy atom. The number of hydrogen-bond acceptors (Lipinski definition) is 4. The molecule has 4 nitrogen and oxygen atoms in total. The van der Waals surface area contributed by atoms with Crippen LogP contribution in [0.5, 0.6) is 0 Å². The van der Waals surface area contributed by atoms with Crippen LogP contribution in [-0.2, 0) is 11.3 Å². The lowest BCUT2D eigenvalue weighted by Crippen LogP contribution is -2.51. The third kappa shape index (κ3) is 3.32. The molecule has 0 aliphatic carbocycles. The quantitative estimate of drug-likeness (QED) is 0.917. The van der Waals surface area contributed by atoms with E-state index < -0.39 is 5.97 Å². The minimum Gasteiger partial charge on any atom is -0.480 e. The van der Waals surface area contributed by atoms with Gasteiger partial charge in [-0.25, -0.2) is 0 Å². The molecule has 100 valence electrons. The number of piperazine rings is 1. The highest BCUT2D eigenvalue weighted by Crippen LogP contribution is 2.24. The Morgan fingerprint density at radius 2 is 2.17 bits per heavy atom. The van der Waals surface area contributed by atoms with Crippen molar-refractivity contribution in [3.05, 3.63) is 20.8 Å². The summed E-state index contributed by atoms with van der Waals surface area (Å²) in [7, 11) is 0. The highest BCUT2D eigenvalue weighted by molar-refractivity contribution is 9.10. The Balaban J connectivity index is 1.84. The Hall–Kier alpha value is -0.430. The van der Waals surface area contributed by atoms with Crippen LogP contribution in [0.4, 0.5) is 0 Å². The van der Waals surface area contributed by atoms with Gasteiger partial charge in [-0.05, 0) is 34.3 Å². The summed E-state index contributed by atoms with van der Waals surface area (Å²) in [6, 6.07) is 1.70. The monoisotopic (exact) mass is 332 g/mol. The second-order valence-corrected chi connectivity index (χ2v) is 6.37. The van der Waals surface area contributed by atoms with E-state index in [0.717, 1.165) is 32.7 Å². The number of halogens is 1. The molecule has 0 aromatic carbocycles. The van der Waals surface area contributed by atoms with Gasteiger partial charge in [0.05, 0.1) is 0 Å². The minimum atomic E-state index is -0.732. The molecule has 6 heteroatoms. The zero-order chi connectivity index (χ0) is 13.1. The fourth-order valence-electron chi connectivity index (χ4n) is 2.11. The van der Waals surface area contributed by atoms with Crippen molar-refractivity contribution in [2.75, 3.05) is 26.2 Å². The van der Waals surface area contributed by atoms with Crippen LogP contribution in [0.3, 0.4) is 0 Å². The second-order valence-electron chi connectivity index (χ2n) is 4.52. The van der Waals surface area contributed by atoms with Crippen LogP contribution >= 0.6 is 27.3 Å². The molecular weight excluding hydrogens is 316 g/mol. The number of carboxylic acids is 1. The molecule has 0 unspecified atom stereocenters. The fraction of sp³-hybridized carbons (Fsp3) is 0.583. The predicted molar refractivity (Wildman–Crippen MR) is 76.0 cm³/mol. The van der Waals surface area contributed by atoms with Gasteiger partial charge in [0.15, 0.2) is 0 Å². The van der Waals surface area contributed by atoms with Crippen molar-refractivity contribution < 1.29 is 9.90 Å². The van der Waals surface area contributed by atoms with Gasteiger partial charge in [0.2, 0.25) is 0 Å². The summed E-state index contributed by atoms with van der Waals surface area (Å²) >= 11 is 5.30. The lowest BCUT2D eigenvalue weighted by Gasteiger charge is -2.36. The van der Waals surface area contributed by atoms with Crippen LogP contribution in [0.15, 0.2) is 15.9 Å². The summed E-state index contributed by atoms with van der Waals surface area (Å²) in [5, 5.41) is 11.1. The predicted octanol–water partition coefficient (Wildman–Crippen LogP) is 2.10. The van der Waals surface area contributed by atoms with Crippen molar-refractivity contribution in [1.29, 1.82) is 0 Å². The summed E-state index contributed by atoms with van der Waals surface area (Å²) in [6.07, 6.45) is 0. The number of aliphatic carboxylic acids is 1. The third-order valence-corrected chi connectivity index (χ3v) is 5.28. The van der Waals surface area contributed by atoms with Crippen molar-refractivity contribution in [2.24, 2.45) is 0 Å². The van der Waals surface area contributed by atoms with E-state index in [9.17, 15) is 4.79 Å². The minimum absolute atomic E-state index is 0.374. The van der Waals surface area contributed by atoms with E-state index in [1.807, 2.05) is 4.90 Å². The van der Waals surface area contributed by atoms with Crippen LogP contribution in [0.1, 0.15) is 11.8 Å². The van der Waals surface area contributed by atoms with E-state index in [0.29, 0.717) is 0 Å². The molecule has 1 aromatic rings. The lowest BCUT2D eigenvalue weighted by atomic mass is 10.2. The topological polar surface area (TPSA) is 43.8 Å². The van der Waals surface area contributed by atoms with E-state index >= 15 is 0 Å². The number of hydrogen-bond donors (Lipinski definition) is 1. The Labute approximate surface area is 119 Å². The van der Waals surface area contributed by atoms with Crippen molar-refractivity contribution >= 4 is 33.2 Å². The zero-order valence-electron chi connectivity index (χ0n) is 10.3. The molecule has 1 aliphatic heterocycles. The standard InChI is InChI=1S/C12H17BrN2O2S/c1-9(12(16)17)15-5-3-14(4-6-15)8-11-10(13)2-7-18-11/h2,7,9H,3-6,8H2,1H3,(H,16,17)/t9-/m0/s1. The third-order valence-electron chi connectivity index (χ3n) is 3.37. The number of carboxylic acid groups (broad SMARTS) is 1. The molecule has 1 aromatic heterocycles. The summed E-state index contributed by atoms with van der Waals surface area (Å²) in [4.78, 5) is 16.7. The molecule has 1 atom stereocenters. The van der Waals surface area contributed by atoms with Gasteiger partial charge in [0.25, 0.3) is 0 Å². The molecule has 0 saturated carbocycles. The summed E-state index contributed by atoms with van der Waals surface area (Å²) in [5.41, 5.74) is 0. The molecule has 2 rings (SSSR count). The Kier molecular flexibility index (Phi) is 4.77. The van der Waals surface area contributed by atoms with Crippen LogP contribution in [0.25, 0.3) is 0 Å². The average molecular weight is 333 g/mol. The van der Waals surface area contributed by atoms with Crippen LogP contribution in [0.2, 0.25) is 0 Å². The smallest absolute Gasteiger partial charge is 0.320 e. The molecule has 1 aliphatic rings. The van der Waals surface area contributed by atoms with Gasteiger partial charge in [-0.1, -0.05) is 0 Å². The summed E-state index contributed by atoms with van der Waals surface area (Å²) in [5.74, 6) is -0.732. The fourth-order valence-corrected chi connectivity index (χ4v) is 3.62. The SMILES string of the molecule is C[C@@H](C(=O)O)N1CCN(Cc2sccc2Br)CC1. The van der Waals surface area contributed by atoms with Gasteiger partial charge in [-0.2, -0.15) is 0 Å². The highest BCUT2D eigenvalue weighted by Gasteiger charge is 2.25. The van der Waals surface area contributed by atoms with Gasteiger partial charge in [-0.15, -0.1) is 11.3 Å². The lowest BCUT2D eigenvalue weighted by molar-refractivity contribution is -0.143. The maximum atomic E-state index is 10.9. The molecule has 0 radical (unpaired) electrons. The van der Waals surface area contributed by atoms with Crippen molar-refractivity contribution in [3.8, 4) is 0 Å². The van der Waals surface area contributed by atoms with E-state index in [2.05, 4.69) is 32.3 Å². The molecule has 0 spiro atoms. The first kappa shape index (κ1) is 14.0. The molecule has 18 heavy (non-hydrogen) atoms. The molecule has 2 heterocycles. The molecule has 1 fully saturated rings. The second kappa shape index (κ2) is 6.14. The van der Waals surface area contributed by atoms with E-state index in [-0.39, 0.29) is 6.04 Å². The maximum Gasteiger partial charge on any atom is 0.320 e. The van der Waals surface area contributed by atoms with Gasteiger partial charge in [-0.3, -0.25) is 14.6 Å². The van der Waals surface area contributed by atoms with Crippen LogP contribution < -0.4 is 0 Å². The van der Waals surface area contributed by atoms with Gasteiger partial charge in [0.1, 0.15) is 6.04 Å². The largest absolute Gasteiger partial charge is 0.480 e. The zero-order valence-corrected chi connectivity index (χ0v) is 12.7. The first-order valence-electron chi connectivity index (χ1n) is 5.99.